The lowest BCUT2D eigenvalue weighted by Gasteiger charge is -2.29. The number of hydrogen-bond donors (Lipinski definition) is 1. The van der Waals surface area contributed by atoms with Crippen molar-refractivity contribution in [1.82, 2.24) is 10.2 Å². The van der Waals surface area contributed by atoms with Gasteiger partial charge in [0.2, 0.25) is 5.91 Å². The van der Waals surface area contributed by atoms with Crippen molar-refractivity contribution in [2.75, 3.05) is 7.05 Å². The average Bonchev–Trinajstić information content (AvgIpc) is 2.88. The summed E-state index contributed by atoms with van der Waals surface area (Å²) in [5.41, 5.74) is 0. The van der Waals surface area contributed by atoms with Crippen LogP contribution in [-0.2, 0) is 4.79 Å². The molecule has 0 bridgehead atoms. The van der Waals surface area contributed by atoms with Crippen molar-refractivity contribution >= 4 is 11.8 Å². The highest BCUT2D eigenvalue weighted by Gasteiger charge is 2.26. The first kappa shape index (κ1) is 15.6. The van der Waals surface area contributed by atoms with Gasteiger partial charge in [-0.05, 0) is 31.9 Å². The van der Waals surface area contributed by atoms with Gasteiger partial charge in [0.15, 0.2) is 5.76 Å². The summed E-state index contributed by atoms with van der Waals surface area (Å²) in [4.78, 5) is 26.1. The topological polar surface area (TPSA) is 62.6 Å². The van der Waals surface area contributed by atoms with Gasteiger partial charge in [0.1, 0.15) is 6.04 Å². The summed E-state index contributed by atoms with van der Waals surface area (Å²) >= 11 is 0. The fraction of sp³-hybridized carbons (Fsp3) is 0.625. The standard InChI is InChI=1S/C16H24N2O3/c1-12(17-15(19)14-10-7-11-21-14)16(20)18(2)13-8-5-3-4-6-9-13/h7,10-13H,3-6,8-9H2,1-2H3,(H,17,19)/t12-/m1/s1. The monoisotopic (exact) mass is 292 g/mol. The van der Waals surface area contributed by atoms with Crippen LogP contribution in [0.15, 0.2) is 22.8 Å². The van der Waals surface area contributed by atoms with Gasteiger partial charge in [0.05, 0.1) is 6.26 Å². The Bertz CT molecular complexity index is 462. The van der Waals surface area contributed by atoms with E-state index in [1.165, 1.54) is 31.9 Å². The van der Waals surface area contributed by atoms with Crippen molar-refractivity contribution < 1.29 is 14.0 Å². The van der Waals surface area contributed by atoms with E-state index in [0.717, 1.165) is 12.8 Å². The number of carbonyl (C=O) groups excluding carboxylic acids is 2. The number of nitrogens with one attached hydrogen (secondary N) is 1. The lowest BCUT2D eigenvalue weighted by atomic mass is 10.1. The molecule has 0 radical (unpaired) electrons. The molecule has 5 heteroatoms. The second-order valence-electron chi connectivity index (χ2n) is 5.77. The molecule has 1 saturated carbocycles. The molecular formula is C16H24N2O3. The third-order valence-corrected chi connectivity index (χ3v) is 4.18. The molecule has 1 atom stereocenters. The van der Waals surface area contributed by atoms with Gasteiger partial charge in [-0.1, -0.05) is 25.7 Å². The SMILES string of the molecule is C[C@@H](NC(=O)c1ccco1)C(=O)N(C)C1CCCCCC1. The van der Waals surface area contributed by atoms with E-state index in [4.69, 9.17) is 4.42 Å². The summed E-state index contributed by atoms with van der Waals surface area (Å²) < 4.78 is 5.03. The summed E-state index contributed by atoms with van der Waals surface area (Å²) in [6.45, 7) is 1.72. The first-order valence-corrected chi connectivity index (χ1v) is 7.70. The number of likely N-dealkylation sites (N-methyl/N-ethyl adjacent to an activating group) is 1. The number of rotatable bonds is 4. The number of amides is 2. The van der Waals surface area contributed by atoms with Gasteiger partial charge < -0.3 is 14.6 Å². The quantitative estimate of drug-likeness (QED) is 0.868. The van der Waals surface area contributed by atoms with Crippen LogP contribution in [0.1, 0.15) is 56.0 Å². The minimum absolute atomic E-state index is 0.0400. The summed E-state index contributed by atoms with van der Waals surface area (Å²) in [6.07, 6.45) is 8.42. The maximum absolute atomic E-state index is 12.4. The fourth-order valence-corrected chi connectivity index (χ4v) is 2.87. The van der Waals surface area contributed by atoms with Crippen LogP contribution in [0.2, 0.25) is 0 Å². The average molecular weight is 292 g/mol. The van der Waals surface area contributed by atoms with Crippen LogP contribution in [0.3, 0.4) is 0 Å². The first-order chi connectivity index (χ1) is 10.1. The predicted octanol–water partition coefficient (Wildman–Crippen LogP) is 2.58. The summed E-state index contributed by atoms with van der Waals surface area (Å²) in [6, 6.07) is 2.99. The van der Waals surface area contributed by atoms with Gasteiger partial charge in [-0.2, -0.15) is 0 Å². The molecule has 116 valence electrons. The number of carbonyl (C=O) groups is 2. The first-order valence-electron chi connectivity index (χ1n) is 7.70. The molecule has 1 aromatic heterocycles. The van der Waals surface area contributed by atoms with Crippen LogP contribution in [0, 0.1) is 0 Å². The fourth-order valence-electron chi connectivity index (χ4n) is 2.87. The Morgan fingerprint density at radius 1 is 1.29 bits per heavy atom. The Labute approximate surface area is 125 Å². The summed E-state index contributed by atoms with van der Waals surface area (Å²) in [7, 11) is 1.84. The highest BCUT2D eigenvalue weighted by Crippen LogP contribution is 2.21. The lowest BCUT2D eigenvalue weighted by Crippen LogP contribution is -2.48. The Hall–Kier alpha value is -1.78. The zero-order valence-corrected chi connectivity index (χ0v) is 12.8. The molecule has 21 heavy (non-hydrogen) atoms. The smallest absolute Gasteiger partial charge is 0.287 e. The Balaban J connectivity index is 1.90. The normalized spacial score (nSPS) is 17.8. The molecule has 5 nitrogen and oxygen atoms in total. The van der Waals surface area contributed by atoms with Crippen molar-refractivity contribution in [3.05, 3.63) is 24.2 Å². The van der Waals surface area contributed by atoms with E-state index in [9.17, 15) is 9.59 Å². The van der Waals surface area contributed by atoms with Gasteiger partial charge in [-0.15, -0.1) is 0 Å². The largest absolute Gasteiger partial charge is 0.459 e. The highest BCUT2D eigenvalue weighted by molar-refractivity contribution is 5.95. The molecule has 1 aromatic rings. The molecule has 0 unspecified atom stereocenters. The molecule has 0 spiro atoms. The second kappa shape index (κ2) is 7.29. The maximum atomic E-state index is 12.4. The van der Waals surface area contributed by atoms with E-state index in [1.807, 2.05) is 7.05 Å². The van der Waals surface area contributed by atoms with E-state index in [-0.39, 0.29) is 17.6 Å². The van der Waals surface area contributed by atoms with Crippen molar-refractivity contribution in [3.8, 4) is 0 Å². The van der Waals surface area contributed by atoms with E-state index in [1.54, 1.807) is 24.0 Å². The van der Waals surface area contributed by atoms with Crippen LogP contribution < -0.4 is 5.32 Å². The Morgan fingerprint density at radius 3 is 2.52 bits per heavy atom. The molecule has 2 rings (SSSR count). The van der Waals surface area contributed by atoms with Crippen molar-refractivity contribution in [2.24, 2.45) is 0 Å². The minimum Gasteiger partial charge on any atom is -0.459 e. The van der Waals surface area contributed by atoms with Crippen LogP contribution >= 0.6 is 0 Å². The van der Waals surface area contributed by atoms with Gasteiger partial charge in [-0.25, -0.2) is 0 Å². The molecular weight excluding hydrogens is 268 g/mol. The molecule has 1 aliphatic rings. The molecule has 2 amide bonds. The summed E-state index contributed by atoms with van der Waals surface area (Å²) in [5.74, 6) is -0.163. The van der Waals surface area contributed by atoms with Gasteiger partial charge >= 0.3 is 0 Å². The highest BCUT2D eigenvalue weighted by atomic mass is 16.3. The van der Waals surface area contributed by atoms with Crippen molar-refractivity contribution in [3.63, 3.8) is 0 Å². The summed E-state index contributed by atoms with van der Waals surface area (Å²) in [5, 5.41) is 2.69. The van der Waals surface area contributed by atoms with Crippen molar-refractivity contribution in [2.45, 2.75) is 57.5 Å². The predicted molar refractivity (Wildman–Crippen MR) is 79.9 cm³/mol. The minimum atomic E-state index is -0.546. The van der Waals surface area contributed by atoms with E-state index >= 15 is 0 Å². The Kier molecular flexibility index (Phi) is 5.42. The van der Waals surface area contributed by atoms with E-state index in [2.05, 4.69) is 5.32 Å². The molecule has 1 aliphatic carbocycles. The molecule has 0 aliphatic heterocycles. The zero-order chi connectivity index (χ0) is 15.2. The number of hydrogen-bond acceptors (Lipinski definition) is 3. The Morgan fingerprint density at radius 2 is 1.95 bits per heavy atom. The number of nitrogens with zero attached hydrogens (tertiary/aromatic N) is 1. The van der Waals surface area contributed by atoms with Crippen LogP contribution in [0.4, 0.5) is 0 Å². The molecule has 1 fully saturated rings. The van der Waals surface area contributed by atoms with E-state index in [0.29, 0.717) is 6.04 Å². The van der Waals surface area contributed by atoms with Crippen molar-refractivity contribution in [1.29, 1.82) is 0 Å². The van der Waals surface area contributed by atoms with E-state index < -0.39 is 6.04 Å². The van der Waals surface area contributed by atoms with Gasteiger partial charge in [0.25, 0.3) is 5.91 Å². The molecule has 1 N–H and O–H groups in total. The van der Waals surface area contributed by atoms with Gasteiger partial charge in [-0.3, -0.25) is 9.59 Å². The molecule has 0 aromatic carbocycles. The third-order valence-electron chi connectivity index (χ3n) is 4.18. The molecule has 1 heterocycles. The second-order valence-corrected chi connectivity index (χ2v) is 5.77. The molecule has 0 saturated heterocycles. The van der Waals surface area contributed by atoms with Crippen LogP contribution in [0.5, 0.6) is 0 Å². The third kappa shape index (κ3) is 4.09. The zero-order valence-electron chi connectivity index (χ0n) is 12.8. The number of furan rings is 1. The van der Waals surface area contributed by atoms with Crippen LogP contribution in [-0.4, -0.2) is 35.8 Å². The maximum Gasteiger partial charge on any atom is 0.287 e. The van der Waals surface area contributed by atoms with Gasteiger partial charge in [0, 0.05) is 13.1 Å². The van der Waals surface area contributed by atoms with Crippen LogP contribution in [0.25, 0.3) is 0 Å². The lowest BCUT2D eigenvalue weighted by molar-refractivity contribution is -0.133.